The number of aromatic nitrogens is 1. The Morgan fingerprint density at radius 2 is 1.87 bits per heavy atom. The van der Waals surface area contributed by atoms with Crippen LogP contribution in [-0.2, 0) is 16.1 Å². The highest BCUT2D eigenvalue weighted by Gasteiger charge is 2.35. The van der Waals surface area contributed by atoms with Crippen molar-refractivity contribution in [2.45, 2.75) is 19.6 Å². The fourth-order valence-corrected chi connectivity index (χ4v) is 7.83. The summed E-state index contributed by atoms with van der Waals surface area (Å²) in [5.74, 6) is 0.612. The van der Waals surface area contributed by atoms with Gasteiger partial charge in [0.05, 0.1) is 33.1 Å². The smallest absolute Gasteiger partial charge is 0.338 e. The summed E-state index contributed by atoms with van der Waals surface area (Å²) in [6.45, 7) is 2.24. The number of fused-ring (bicyclic) bond motifs is 1. The highest BCUT2D eigenvalue weighted by atomic mass is 127. The molecule has 0 aliphatic carbocycles. The van der Waals surface area contributed by atoms with E-state index in [0.717, 1.165) is 25.1 Å². The van der Waals surface area contributed by atoms with Crippen LogP contribution in [0.1, 0.15) is 34.5 Å². The van der Waals surface area contributed by atoms with Crippen molar-refractivity contribution in [3.8, 4) is 11.5 Å². The van der Waals surface area contributed by atoms with Gasteiger partial charge in [-0.1, -0.05) is 77.5 Å². The van der Waals surface area contributed by atoms with Crippen LogP contribution in [0, 0.1) is 3.57 Å². The largest absolute Gasteiger partial charge is 0.493 e. The van der Waals surface area contributed by atoms with Crippen molar-refractivity contribution in [1.29, 1.82) is 0 Å². The minimum atomic E-state index is -0.687. The van der Waals surface area contributed by atoms with E-state index in [1.807, 2.05) is 90.3 Å². The van der Waals surface area contributed by atoms with Crippen molar-refractivity contribution in [3.63, 3.8) is 0 Å². The molecule has 2 aromatic heterocycles. The Balaban J connectivity index is 1.47. The summed E-state index contributed by atoms with van der Waals surface area (Å²) in [5.41, 5.74) is 2.97. The van der Waals surface area contributed by atoms with Crippen LogP contribution in [0.4, 0.5) is 0 Å². The van der Waals surface area contributed by atoms with Gasteiger partial charge in [-0.25, -0.2) is 9.79 Å². The van der Waals surface area contributed by atoms with Gasteiger partial charge in [-0.3, -0.25) is 9.36 Å². The van der Waals surface area contributed by atoms with Gasteiger partial charge >= 0.3 is 5.97 Å². The molecule has 0 unspecified atom stereocenters. The van der Waals surface area contributed by atoms with E-state index >= 15 is 0 Å². The maximum absolute atomic E-state index is 14.1. The number of carbonyl (C=O) groups excluding carboxylic acids is 1. The minimum Gasteiger partial charge on any atom is -0.493 e. The summed E-state index contributed by atoms with van der Waals surface area (Å²) in [6.07, 6.45) is 1.81. The topological polar surface area (TPSA) is 79.1 Å². The van der Waals surface area contributed by atoms with Crippen molar-refractivity contribution in [1.82, 2.24) is 4.57 Å². The first kappa shape index (κ1) is 31.3. The number of rotatable bonds is 9. The highest BCUT2D eigenvalue weighted by molar-refractivity contribution is 14.1. The second kappa shape index (κ2) is 13.7. The zero-order valence-electron chi connectivity index (χ0n) is 24.2. The molecule has 3 aromatic carbocycles. The fourth-order valence-electron chi connectivity index (χ4n) is 5.04. The van der Waals surface area contributed by atoms with Gasteiger partial charge in [-0.05, 0) is 70.8 Å². The Morgan fingerprint density at radius 3 is 2.58 bits per heavy atom. The monoisotopic (exact) mass is 768 g/mol. The molecule has 0 saturated carbocycles. The van der Waals surface area contributed by atoms with Crippen LogP contribution in [0.3, 0.4) is 0 Å². The van der Waals surface area contributed by atoms with E-state index in [-0.39, 0.29) is 18.8 Å². The van der Waals surface area contributed by atoms with Gasteiger partial charge in [-0.15, -0.1) is 11.3 Å². The third-order valence-electron chi connectivity index (χ3n) is 7.07. The Hall–Kier alpha value is -3.71. The maximum atomic E-state index is 14.1. The lowest BCUT2D eigenvalue weighted by atomic mass is 9.97. The van der Waals surface area contributed by atoms with Gasteiger partial charge in [-0.2, -0.15) is 0 Å². The molecule has 0 amide bonds. The second-order valence-corrected chi connectivity index (χ2v) is 13.4. The lowest BCUT2D eigenvalue weighted by molar-refractivity contribution is -0.138. The summed E-state index contributed by atoms with van der Waals surface area (Å²) in [5, 5.41) is 2.56. The van der Waals surface area contributed by atoms with Crippen LogP contribution in [0.5, 0.6) is 11.5 Å². The predicted octanol–water partition coefficient (Wildman–Crippen LogP) is 6.84. The van der Waals surface area contributed by atoms with Crippen molar-refractivity contribution in [2.24, 2.45) is 4.99 Å². The molecular formula is C34H26ClIN2O5S2. The molecule has 0 fully saturated rings. The summed E-state index contributed by atoms with van der Waals surface area (Å²) >= 11 is 11.3. The zero-order chi connectivity index (χ0) is 31.5. The van der Waals surface area contributed by atoms with Gasteiger partial charge in [0.2, 0.25) is 0 Å². The van der Waals surface area contributed by atoms with E-state index in [1.54, 1.807) is 18.6 Å². The molecule has 45 heavy (non-hydrogen) atoms. The molecule has 0 bridgehead atoms. The first-order chi connectivity index (χ1) is 21.9. The molecule has 5 aromatic rings. The maximum Gasteiger partial charge on any atom is 0.338 e. The van der Waals surface area contributed by atoms with Crippen LogP contribution in [0.25, 0.3) is 11.8 Å². The van der Waals surface area contributed by atoms with E-state index in [2.05, 4.69) is 22.6 Å². The van der Waals surface area contributed by atoms with Crippen molar-refractivity contribution >= 4 is 74.6 Å². The summed E-state index contributed by atoms with van der Waals surface area (Å²) in [4.78, 5) is 33.9. The Bertz CT molecular complexity index is 2090. The molecule has 7 nitrogen and oxygen atoms in total. The Morgan fingerprint density at radius 1 is 1.09 bits per heavy atom. The third-order valence-corrected chi connectivity index (χ3v) is 10.1. The number of thiophene rings is 1. The molecule has 6 rings (SSSR count). The number of hydrogen-bond donors (Lipinski definition) is 0. The molecule has 1 aliphatic heterocycles. The summed E-state index contributed by atoms with van der Waals surface area (Å²) in [7, 11) is 1.58. The van der Waals surface area contributed by atoms with Crippen molar-refractivity contribution in [3.05, 3.63) is 140 Å². The van der Waals surface area contributed by atoms with E-state index < -0.39 is 12.0 Å². The zero-order valence-corrected chi connectivity index (χ0v) is 28.7. The quantitative estimate of drug-likeness (QED) is 0.121. The van der Waals surface area contributed by atoms with Gasteiger partial charge in [0.25, 0.3) is 5.56 Å². The molecule has 1 atom stereocenters. The Labute approximate surface area is 285 Å². The molecule has 0 saturated heterocycles. The number of nitrogens with zero attached hydrogens (tertiary/aromatic N) is 2. The highest BCUT2D eigenvalue weighted by Crippen LogP contribution is 2.37. The number of carbonyl (C=O) groups is 1. The van der Waals surface area contributed by atoms with E-state index in [9.17, 15) is 9.59 Å². The fraction of sp³-hybridized carbons (Fsp3) is 0.147. The third kappa shape index (κ3) is 6.37. The van der Waals surface area contributed by atoms with Gasteiger partial charge < -0.3 is 14.2 Å². The molecule has 0 N–H and O–H groups in total. The van der Waals surface area contributed by atoms with Crippen LogP contribution in [0.2, 0.25) is 5.02 Å². The van der Waals surface area contributed by atoms with E-state index in [0.29, 0.717) is 37.1 Å². The number of hydrogen-bond acceptors (Lipinski definition) is 8. The molecular weight excluding hydrogens is 743 g/mol. The second-order valence-electron chi connectivity index (χ2n) is 9.86. The SMILES string of the molecule is CCOC(=O)C1=C(c2ccccc2)N=c2s/c(=C\c3cc(I)c(OCc4ccccc4Cl)c(OC)c3)c(=O)n2[C@H]1c1cccs1. The normalized spacial score (nSPS) is 14.6. The number of esters is 1. The molecule has 0 spiro atoms. The first-order valence-corrected chi connectivity index (χ1v) is 17.1. The van der Waals surface area contributed by atoms with Crippen LogP contribution in [0.15, 0.2) is 99.6 Å². The van der Waals surface area contributed by atoms with Gasteiger partial charge in [0.15, 0.2) is 16.3 Å². The minimum absolute atomic E-state index is 0.199. The molecule has 1 aliphatic rings. The van der Waals surface area contributed by atoms with Crippen LogP contribution < -0.4 is 24.4 Å². The number of halogens is 2. The summed E-state index contributed by atoms with van der Waals surface area (Å²) in [6, 6.07) is 23.9. The molecule has 0 radical (unpaired) electrons. The van der Waals surface area contributed by atoms with Crippen molar-refractivity contribution < 1.29 is 19.0 Å². The van der Waals surface area contributed by atoms with Crippen molar-refractivity contribution in [2.75, 3.05) is 13.7 Å². The lowest BCUT2D eigenvalue weighted by Gasteiger charge is -2.24. The summed E-state index contributed by atoms with van der Waals surface area (Å²) < 4.78 is 20.2. The average molecular weight is 769 g/mol. The van der Waals surface area contributed by atoms with E-state index in [1.165, 1.54) is 22.7 Å². The number of thiazole rings is 1. The molecule has 3 heterocycles. The number of ether oxygens (including phenoxy) is 3. The van der Waals surface area contributed by atoms with Crippen LogP contribution in [-0.4, -0.2) is 24.3 Å². The van der Waals surface area contributed by atoms with Gasteiger partial charge in [0.1, 0.15) is 12.6 Å². The van der Waals surface area contributed by atoms with Crippen LogP contribution >= 0.6 is 56.9 Å². The number of benzene rings is 3. The molecule has 11 heteroatoms. The Kier molecular flexibility index (Phi) is 9.55. The average Bonchev–Trinajstić information content (AvgIpc) is 3.69. The van der Waals surface area contributed by atoms with E-state index in [4.69, 9.17) is 30.8 Å². The predicted molar refractivity (Wildman–Crippen MR) is 187 cm³/mol. The standard InChI is InChI=1S/C34H26ClIN2O5S2/c1-3-42-33(40)28-29(21-10-5-4-6-11-21)37-34-38(30(28)26-14-9-15-44-26)32(39)27(45-34)18-20-16-24(36)31(25(17-20)41-2)43-19-22-12-7-8-13-23(22)35/h4-18,30H,3,19H2,1-2H3/b27-18-/t30-/m0/s1. The number of methoxy groups -OCH3 is 1. The molecule has 228 valence electrons. The first-order valence-electron chi connectivity index (χ1n) is 13.9. The van der Waals surface area contributed by atoms with Gasteiger partial charge in [0, 0.05) is 21.0 Å². The lowest BCUT2D eigenvalue weighted by Crippen LogP contribution is -2.39.